The molecular formula is C20H34O4. The maximum atomic E-state index is 12.7. The maximum Gasteiger partial charge on any atom is 0.309 e. The van der Waals surface area contributed by atoms with Crippen LogP contribution in [-0.4, -0.2) is 22.6 Å². The predicted octanol–water partition coefficient (Wildman–Crippen LogP) is 4.95. The molecule has 0 saturated heterocycles. The van der Waals surface area contributed by atoms with Crippen LogP contribution >= 0.6 is 0 Å². The number of hydrogen-bond donors (Lipinski definition) is 1. The second-order valence-corrected chi connectivity index (χ2v) is 8.35. The first-order valence-corrected chi connectivity index (χ1v) is 9.87. The van der Waals surface area contributed by atoms with E-state index >= 15 is 0 Å². The van der Waals surface area contributed by atoms with E-state index in [-0.39, 0.29) is 23.4 Å². The Hall–Kier alpha value is -1.06. The van der Waals surface area contributed by atoms with Gasteiger partial charge in [-0.3, -0.25) is 9.59 Å². The van der Waals surface area contributed by atoms with E-state index in [0.29, 0.717) is 18.8 Å². The number of aliphatic carboxylic acids is 1. The highest BCUT2D eigenvalue weighted by molar-refractivity contribution is 5.76. The topological polar surface area (TPSA) is 63.6 Å². The molecule has 24 heavy (non-hydrogen) atoms. The number of hydrogen-bond acceptors (Lipinski definition) is 3. The summed E-state index contributed by atoms with van der Waals surface area (Å²) in [7, 11) is 0. The monoisotopic (exact) mass is 338 g/mol. The SMILES string of the molecule is CC(C)CCCC1(OC(=O)C2CCCC(C(=O)O)C2)CCCCC1. The summed E-state index contributed by atoms with van der Waals surface area (Å²) in [6.07, 6.45) is 11.4. The summed E-state index contributed by atoms with van der Waals surface area (Å²) in [4.78, 5) is 24.0. The van der Waals surface area contributed by atoms with E-state index in [1.54, 1.807) is 0 Å². The fourth-order valence-corrected chi connectivity index (χ4v) is 4.36. The fraction of sp³-hybridized carbons (Fsp3) is 0.900. The molecule has 2 atom stereocenters. The normalized spacial score (nSPS) is 27.0. The Labute approximate surface area is 146 Å². The van der Waals surface area contributed by atoms with Crippen LogP contribution in [-0.2, 0) is 14.3 Å². The summed E-state index contributed by atoms with van der Waals surface area (Å²) in [6, 6.07) is 0. The van der Waals surface area contributed by atoms with E-state index in [0.717, 1.165) is 51.4 Å². The van der Waals surface area contributed by atoms with Gasteiger partial charge in [0.15, 0.2) is 0 Å². The van der Waals surface area contributed by atoms with Crippen molar-refractivity contribution in [3.8, 4) is 0 Å². The Morgan fingerprint density at radius 1 is 1.08 bits per heavy atom. The van der Waals surface area contributed by atoms with Crippen molar-refractivity contribution in [2.75, 3.05) is 0 Å². The van der Waals surface area contributed by atoms with Crippen LogP contribution < -0.4 is 0 Å². The lowest BCUT2D eigenvalue weighted by Crippen LogP contribution is -2.40. The number of carbonyl (C=O) groups is 2. The zero-order chi connectivity index (χ0) is 17.6. The van der Waals surface area contributed by atoms with E-state index in [1.807, 2.05) is 0 Å². The van der Waals surface area contributed by atoms with Crippen molar-refractivity contribution in [3.05, 3.63) is 0 Å². The molecule has 0 heterocycles. The zero-order valence-corrected chi connectivity index (χ0v) is 15.4. The number of ether oxygens (including phenoxy) is 1. The zero-order valence-electron chi connectivity index (χ0n) is 15.4. The quantitative estimate of drug-likeness (QED) is 0.667. The highest BCUT2D eigenvalue weighted by atomic mass is 16.6. The Morgan fingerprint density at radius 2 is 1.75 bits per heavy atom. The van der Waals surface area contributed by atoms with Crippen LogP contribution in [0.15, 0.2) is 0 Å². The number of esters is 1. The molecule has 0 spiro atoms. The summed E-state index contributed by atoms with van der Waals surface area (Å²) < 4.78 is 6.10. The molecule has 2 aliphatic carbocycles. The molecule has 2 unspecified atom stereocenters. The van der Waals surface area contributed by atoms with Crippen LogP contribution in [0, 0.1) is 17.8 Å². The van der Waals surface area contributed by atoms with Crippen LogP contribution in [0.3, 0.4) is 0 Å². The standard InChI is InChI=1S/C20H34O4/c1-15(2)8-7-13-20(11-4-3-5-12-20)24-19(23)17-10-6-9-16(14-17)18(21)22/h15-17H,3-14H2,1-2H3,(H,21,22). The Bertz CT molecular complexity index is 423. The minimum atomic E-state index is -0.767. The second-order valence-electron chi connectivity index (χ2n) is 8.35. The Balaban J connectivity index is 1.94. The summed E-state index contributed by atoms with van der Waals surface area (Å²) in [5.74, 6) is -0.816. The van der Waals surface area contributed by atoms with Gasteiger partial charge < -0.3 is 9.84 Å². The maximum absolute atomic E-state index is 12.7. The van der Waals surface area contributed by atoms with Crippen molar-refractivity contribution in [1.82, 2.24) is 0 Å². The highest BCUT2D eigenvalue weighted by Crippen LogP contribution is 2.39. The van der Waals surface area contributed by atoms with Gasteiger partial charge in [-0.15, -0.1) is 0 Å². The molecule has 4 heteroatoms. The smallest absolute Gasteiger partial charge is 0.309 e. The third-order valence-electron chi connectivity index (χ3n) is 5.85. The van der Waals surface area contributed by atoms with Gasteiger partial charge in [-0.25, -0.2) is 0 Å². The molecule has 2 saturated carbocycles. The predicted molar refractivity (Wildman–Crippen MR) is 93.7 cm³/mol. The lowest BCUT2D eigenvalue weighted by molar-refractivity contribution is -0.172. The molecule has 138 valence electrons. The molecule has 0 aromatic carbocycles. The molecule has 0 aromatic rings. The number of rotatable bonds is 7. The number of carboxylic acid groups (broad SMARTS) is 1. The van der Waals surface area contributed by atoms with Gasteiger partial charge in [0.25, 0.3) is 0 Å². The van der Waals surface area contributed by atoms with E-state index < -0.39 is 5.97 Å². The van der Waals surface area contributed by atoms with E-state index in [4.69, 9.17) is 4.74 Å². The molecule has 1 N–H and O–H groups in total. The first-order chi connectivity index (χ1) is 11.4. The van der Waals surface area contributed by atoms with Crippen molar-refractivity contribution in [1.29, 1.82) is 0 Å². The van der Waals surface area contributed by atoms with Gasteiger partial charge in [0.05, 0.1) is 11.8 Å². The number of carboxylic acids is 1. The van der Waals surface area contributed by atoms with Gasteiger partial charge in [-0.2, -0.15) is 0 Å². The lowest BCUT2D eigenvalue weighted by atomic mass is 9.79. The molecule has 2 rings (SSSR count). The Morgan fingerprint density at radius 3 is 2.38 bits per heavy atom. The van der Waals surface area contributed by atoms with Crippen molar-refractivity contribution in [2.24, 2.45) is 17.8 Å². The Kier molecular flexibility index (Phi) is 7.12. The molecule has 2 fully saturated rings. The first kappa shape index (κ1) is 19.3. The average Bonchev–Trinajstić information content (AvgIpc) is 2.55. The minimum absolute atomic E-state index is 0.132. The van der Waals surface area contributed by atoms with Crippen LogP contribution in [0.1, 0.15) is 90.9 Å². The fourth-order valence-electron chi connectivity index (χ4n) is 4.36. The van der Waals surface area contributed by atoms with Crippen molar-refractivity contribution in [2.45, 2.75) is 96.5 Å². The van der Waals surface area contributed by atoms with Gasteiger partial charge in [0.2, 0.25) is 0 Å². The molecule has 0 amide bonds. The average molecular weight is 338 g/mol. The van der Waals surface area contributed by atoms with E-state index in [9.17, 15) is 14.7 Å². The molecule has 4 nitrogen and oxygen atoms in total. The van der Waals surface area contributed by atoms with Crippen LogP contribution in [0.5, 0.6) is 0 Å². The summed E-state index contributed by atoms with van der Waals surface area (Å²) in [5, 5.41) is 9.23. The van der Waals surface area contributed by atoms with Crippen LogP contribution in [0.4, 0.5) is 0 Å². The highest BCUT2D eigenvalue weighted by Gasteiger charge is 2.39. The largest absolute Gasteiger partial charge is 0.481 e. The molecule has 0 bridgehead atoms. The van der Waals surface area contributed by atoms with E-state index in [2.05, 4.69) is 13.8 Å². The van der Waals surface area contributed by atoms with Crippen LogP contribution in [0.25, 0.3) is 0 Å². The minimum Gasteiger partial charge on any atom is -0.481 e. The first-order valence-electron chi connectivity index (χ1n) is 9.87. The van der Waals surface area contributed by atoms with Gasteiger partial charge in [0, 0.05) is 0 Å². The molecule has 0 aliphatic heterocycles. The summed E-state index contributed by atoms with van der Waals surface area (Å²) in [5.41, 5.74) is -0.277. The van der Waals surface area contributed by atoms with Gasteiger partial charge in [0.1, 0.15) is 5.60 Å². The third kappa shape index (κ3) is 5.49. The second kappa shape index (κ2) is 8.87. The van der Waals surface area contributed by atoms with Crippen molar-refractivity contribution < 1.29 is 19.4 Å². The molecule has 2 aliphatic rings. The van der Waals surface area contributed by atoms with Gasteiger partial charge in [-0.1, -0.05) is 33.1 Å². The number of carbonyl (C=O) groups excluding carboxylic acids is 1. The summed E-state index contributed by atoms with van der Waals surface area (Å²) >= 11 is 0. The molecule has 0 radical (unpaired) electrons. The van der Waals surface area contributed by atoms with Crippen molar-refractivity contribution in [3.63, 3.8) is 0 Å². The summed E-state index contributed by atoms with van der Waals surface area (Å²) in [6.45, 7) is 4.46. The van der Waals surface area contributed by atoms with Crippen LogP contribution in [0.2, 0.25) is 0 Å². The van der Waals surface area contributed by atoms with Crippen molar-refractivity contribution >= 4 is 11.9 Å². The third-order valence-corrected chi connectivity index (χ3v) is 5.85. The lowest BCUT2D eigenvalue weighted by Gasteiger charge is -2.39. The van der Waals surface area contributed by atoms with Gasteiger partial charge in [-0.05, 0) is 63.7 Å². The molecular weight excluding hydrogens is 304 g/mol. The van der Waals surface area contributed by atoms with Gasteiger partial charge >= 0.3 is 11.9 Å². The van der Waals surface area contributed by atoms with E-state index in [1.165, 1.54) is 12.8 Å². The molecule has 0 aromatic heterocycles.